The molecule has 4 heteroatoms. The van der Waals surface area contributed by atoms with Crippen LogP contribution in [0.4, 0.5) is 0 Å². The summed E-state index contributed by atoms with van der Waals surface area (Å²) in [5.74, 6) is 0.741. The predicted molar refractivity (Wildman–Crippen MR) is 81.4 cm³/mol. The average Bonchev–Trinajstić information content (AvgIpc) is 3.16. The van der Waals surface area contributed by atoms with Gasteiger partial charge in [-0.05, 0) is 63.8 Å². The Labute approximate surface area is 127 Å². The molecule has 3 rings (SSSR count). The SMILES string of the molecule is N#C[C@@H]1CCCN1C(=O)[C@@H]1C[C@H](CC2=CCCCC2)CN1. The number of nitrogens with one attached hydrogen (secondary N) is 1. The highest BCUT2D eigenvalue weighted by molar-refractivity contribution is 5.83. The first-order chi connectivity index (χ1) is 10.3. The van der Waals surface area contributed by atoms with Gasteiger partial charge in [0, 0.05) is 6.54 Å². The summed E-state index contributed by atoms with van der Waals surface area (Å²) < 4.78 is 0. The van der Waals surface area contributed by atoms with E-state index in [9.17, 15) is 4.79 Å². The van der Waals surface area contributed by atoms with Crippen LogP contribution in [0.25, 0.3) is 0 Å². The Morgan fingerprint density at radius 1 is 1.43 bits per heavy atom. The smallest absolute Gasteiger partial charge is 0.240 e. The van der Waals surface area contributed by atoms with Crippen LogP contribution in [0.5, 0.6) is 0 Å². The van der Waals surface area contributed by atoms with Crippen LogP contribution < -0.4 is 5.32 Å². The lowest BCUT2D eigenvalue weighted by Crippen LogP contribution is -2.45. The van der Waals surface area contributed by atoms with Crippen LogP contribution in [0.15, 0.2) is 11.6 Å². The first-order valence-electron chi connectivity index (χ1n) is 8.39. The lowest BCUT2D eigenvalue weighted by Gasteiger charge is -2.23. The topological polar surface area (TPSA) is 56.1 Å². The van der Waals surface area contributed by atoms with Crippen LogP contribution in [0.1, 0.15) is 51.4 Å². The number of hydrogen-bond donors (Lipinski definition) is 1. The molecule has 2 heterocycles. The first kappa shape index (κ1) is 14.6. The number of amides is 1. The zero-order valence-corrected chi connectivity index (χ0v) is 12.7. The molecule has 1 aliphatic carbocycles. The van der Waals surface area contributed by atoms with Crippen LogP contribution in [0, 0.1) is 17.2 Å². The first-order valence-corrected chi connectivity index (χ1v) is 8.39. The molecule has 0 spiro atoms. The van der Waals surface area contributed by atoms with Gasteiger partial charge < -0.3 is 10.2 Å². The van der Waals surface area contributed by atoms with Gasteiger partial charge in [0.1, 0.15) is 6.04 Å². The molecule has 2 fully saturated rings. The largest absolute Gasteiger partial charge is 0.325 e. The average molecular weight is 287 g/mol. The minimum absolute atomic E-state index is 0.0619. The molecule has 3 atom stereocenters. The summed E-state index contributed by atoms with van der Waals surface area (Å²) in [5.41, 5.74) is 1.59. The Morgan fingerprint density at radius 3 is 3.10 bits per heavy atom. The van der Waals surface area contributed by atoms with Crippen molar-refractivity contribution in [1.82, 2.24) is 10.2 Å². The highest BCUT2D eigenvalue weighted by atomic mass is 16.2. The molecule has 2 saturated heterocycles. The van der Waals surface area contributed by atoms with Crippen molar-refractivity contribution in [3.63, 3.8) is 0 Å². The van der Waals surface area contributed by atoms with Crippen LogP contribution in [0.3, 0.4) is 0 Å². The van der Waals surface area contributed by atoms with Crippen molar-refractivity contribution in [1.29, 1.82) is 5.26 Å². The molecule has 0 unspecified atom stereocenters. The van der Waals surface area contributed by atoms with E-state index in [2.05, 4.69) is 17.5 Å². The summed E-state index contributed by atoms with van der Waals surface area (Å²) in [6.07, 6.45) is 11.4. The van der Waals surface area contributed by atoms with Crippen molar-refractivity contribution in [3.05, 3.63) is 11.6 Å². The molecule has 0 radical (unpaired) electrons. The van der Waals surface area contributed by atoms with Crippen LogP contribution in [-0.2, 0) is 4.79 Å². The second-order valence-electron chi connectivity index (χ2n) is 6.69. The Hall–Kier alpha value is -1.34. The molecule has 0 aromatic heterocycles. The van der Waals surface area contributed by atoms with Gasteiger partial charge in [0.15, 0.2) is 0 Å². The van der Waals surface area contributed by atoms with Crippen LogP contribution in [0.2, 0.25) is 0 Å². The molecule has 1 amide bonds. The highest BCUT2D eigenvalue weighted by Crippen LogP contribution is 2.29. The van der Waals surface area contributed by atoms with Crippen molar-refractivity contribution in [2.24, 2.45) is 5.92 Å². The van der Waals surface area contributed by atoms with E-state index in [1.165, 1.54) is 25.7 Å². The molecule has 0 aromatic carbocycles. The predicted octanol–water partition coefficient (Wildman–Crippen LogP) is 2.37. The van der Waals surface area contributed by atoms with E-state index >= 15 is 0 Å². The van der Waals surface area contributed by atoms with Gasteiger partial charge in [-0.2, -0.15) is 5.26 Å². The van der Waals surface area contributed by atoms with E-state index in [1.54, 1.807) is 10.5 Å². The molecule has 114 valence electrons. The van der Waals surface area contributed by atoms with Crippen LogP contribution in [-0.4, -0.2) is 36.0 Å². The Morgan fingerprint density at radius 2 is 2.33 bits per heavy atom. The fourth-order valence-corrected chi connectivity index (χ4v) is 3.98. The van der Waals surface area contributed by atoms with Crippen molar-refractivity contribution in [3.8, 4) is 6.07 Å². The van der Waals surface area contributed by atoms with Crippen molar-refractivity contribution in [2.45, 2.75) is 63.5 Å². The summed E-state index contributed by atoms with van der Waals surface area (Å²) in [6, 6.07) is 2.01. The number of allylic oxidation sites excluding steroid dienone is 2. The number of nitriles is 1. The Kier molecular flexibility index (Phi) is 4.60. The molecule has 21 heavy (non-hydrogen) atoms. The minimum atomic E-state index is -0.195. The van der Waals surface area contributed by atoms with E-state index in [-0.39, 0.29) is 18.0 Å². The van der Waals surface area contributed by atoms with E-state index in [4.69, 9.17) is 5.26 Å². The van der Waals surface area contributed by atoms with Crippen molar-refractivity contribution < 1.29 is 4.79 Å². The molecule has 0 bridgehead atoms. The highest BCUT2D eigenvalue weighted by Gasteiger charge is 2.37. The molecule has 0 aromatic rings. The summed E-state index contributed by atoms with van der Waals surface area (Å²) >= 11 is 0. The molecule has 1 N–H and O–H groups in total. The third-order valence-corrected chi connectivity index (χ3v) is 5.14. The van der Waals surface area contributed by atoms with Crippen molar-refractivity contribution in [2.75, 3.05) is 13.1 Å². The number of hydrogen-bond acceptors (Lipinski definition) is 3. The summed E-state index contributed by atoms with van der Waals surface area (Å²) in [5, 5.41) is 12.5. The summed E-state index contributed by atoms with van der Waals surface area (Å²) in [6.45, 7) is 1.70. The zero-order valence-electron chi connectivity index (χ0n) is 12.7. The van der Waals surface area contributed by atoms with E-state index in [1.807, 2.05) is 0 Å². The fraction of sp³-hybridized carbons (Fsp3) is 0.765. The number of carbonyl (C=O) groups excluding carboxylic acids is 1. The maximum absolute atomic E-state index is 12.6. The summed E-state index contributed by atoms with van der Waals surface area (Å²) in [7, 11) is 0. The minimum Gasteiger partial charge on any atom is -0.325 e. The van der Waals surface area contributed by atoms with Gasteiger partial charge in [0.05, 0.1) is 12.1 Å². The molecule has 3 aliphatic rings. The maximum atomic E-state index is 12.6. The molecule has 4 nitrogen and oxygen atoms in total. The van der Waals surface area contributed by atoms with E-state index in [0.717, 1.165) is 38.8 Å². The van der Waals surface area contributed by atoms with Gasteiger partial charge >= 0.3 is 0 Å². The third kappa shape index (κ3) is 3.29. The second-order valence-corrected chi connectivity index (χ2v) is 6.69. The van der Waals surface area contributed by atoms with Crippen LogP contribution >= 0.6 is 0 Å². The maximum Gasteiger partial charge on any atom is 0.240 e. The van der Waals surface area contributed by atoms with Gasteiger partial charge in [-0.1, -0.05) is 11.6 Å². The Balaban J connectivity index is 1.53. The molecule has 2 aliphatic heterocycles. The quantitative estimate of drug-likeness (QED) is 0.811. The van der Waals surface area contributed by atoms with Gasteiger partial charge in [-0.25, -0.2) is 0 Å². The van der Waals surface area contributed by atoms with E-state index < -0.39 is 0 Å². The standard InChI is InChI=1S/C17H25N3O/c18-11-15-7-4-8-20(15)17(21)16-10-14(12-19-16)9-13-5-2-1-3-6-13/h5,14-16,19H,1-4,6-10,12H2/t14-,15-,16-/m0/s1. The second kappa shape index (κ2) is 6.62. The lowest BCUT2D eigenvalue weighted by molar-refractivity contribution is -0.133. The van der Waals surface area contributed by atoms with Gasteiger partial charge in [0.25, 0.3) is 0 Å². The fourth-order valence-electron chi connectivity index (χ4n) is 3.98. The number of nitrogens with zero attached hydrogens (tertiary/aromatic N) is 2. The normalized spacial score (nSPS) is 32.8. The molecular weight excluding hydrogens is 262 g/mol. The number of likely N-dealkylation sites (tertiary alicyclic amines) is 1. The van der Waals surface area contributed by atoms with Gasteiger partial charge in [-0.15, -0.1) is 0 Å². The molecular formula is C17H25N3O. The zero-order chi connectivity index (χ0) is 14.7. The van der Waals surface area contributed by atoms with Crippen molar-refractivity contribution >= 4 is 5.91 Å². The van der Waals surface area contributed by atoms with Gasteiger partial charge in [-0.3, -0.25) is 4.79 Å². The monoisotopic (exact) mass is 287 g/mol. The lowest BCUT2D eigenvalue weighted by atomic mass is 9.90. The number of rotatable bonds is 3. The van der Waals surface area contributed by atoms with E-state index in [0.29, 0.717) is 5.92 Å². The Bertz CT molecular complexity index is 465. The van der Waals surface area contributed by atoms with Gasteiger partial charge in [0.2, 0.25) is 5.91 Å². The summed E-state index contributed by atoms with van der Waals surface area (Å²) in [4.78, 5) is 14.3. The third-order valence-electron chi connectivity index (χ3n) is 5.14. The number of carbonyl (C=O) groups is 1. The molecule has 0 saturated carbocycles.